The first-order valence-electron chi connectivity index (χ1n) is 13.2. The van der Waals surface area contributed by atoms with E-state index in [2.05, 4.69) is 15.6 Å². The largest absolute Gasteiger partial charge is 0.394 e. The van der Waals surface area contributed by atoms with Crippen molar-refractivity contribution in [3.63, 3.8) is 0 Å². The highest BCUT2D eigenvalue weighted by Crippen LogP contribution is 2.32. The number of aryl methyl sites for hydroxylation is 1. The molecule has 212 valence electrons. The summed E-state index contributed by atoms with van der Waals surface area (Å²) in [5.41, 5.74) is 1.12. The van der Waals surface area contributed by atoms with Gasteiger partial charge in [-0.3, -0.25) is 18.7 Å². The van der Waals surface area contributed by atoms with E-state index in [-0.39, 0.29) is 48.6 Å². The first kappa shape index (κ1) is 27.8. The van der Waals surface area contributed by atoms with Gasteiger partial charge in [-0.2, -0.15) is 5.26 Å². The number of aliphatic hydroxyl groups excluding tert-OH is 1. The summed E-state index contributed by atoms with van der Waals surface area (Å²) < 4.78 is 8.36. The number of para-hydroxylation sites is 1. The minimum atomic E-state index is -0.565. The van der Waals surface area contributed by atoms with Gasteiger partial charge in [-0.15, -0.1) is 5.10 Å². The second kappa shape index (κ2) is 11.7. The van der Waals surface area contributed by atoms with Gasteiger partial charge in [0.05, 0.1) is 18.3 Å². The molecule has 0 spiro atoms. The molecule has 13 nitrogen and oxygen atoms in total. The fraction of sp³-hybridized carbons (Fsp3) is 0.357. The predicted octanol–water partition coefficient (Wildman–Crippen LogP) is 1.51. The van der Waals surface area contributed by atoms with E-state index in [0.717, 1.165) is 4.57 Å². The van der Waals surface area contributed by atoms with Gasteiger partial charge >= 0.3 is 5.69 Å². The highest BCUT2D eigenvalue weighted by atomic mass is 16.7. The van der Waals surface area contributed by atoms with Crippen molar-refractivity contribution in [2.24, 2.45) is 5.92 Å². The first-order valence-corrected chi connectivity index (χ1v) is 13.2. The minimum Gasteiger partial charge on any atom is -0.394 e. The van der Waals surface area contributed by atoms with E-state index < -0.39 is 23.4 Å². The van der Waals surface area contributed by atoms with Gasteiger partial charge < -0.3 is 20.0 Å². The Hall–Kier alpha value is -4.80. The molecule has 1 saturated heterocycles. The van der Waals surface area contributed by atoms with Gasteiger partial charge in [-0.25, -0.2) is 4.79 Å². The number of nitriles is 1. The van der Waals surface area contributed by atoms with Crippen molar-refractivity contribution < 1.29 is 19.5 Å². The maximum Gasteiger partial charge on any atom is 0.333 e. The molecule has 1 aliphatic rings. The number of amides is 1. The smallest absolute Gasteiger partial charge is 0.333 e. The van der Waals surface area contributed by atoms with Crippen LogP contribution in [0.25, 0.3) is 11.0 Å². The summed E-state index contributed by atoms with van der Waals surface area (Å²) in [7, 11) is 0. The van der Waals surface area contributed by atoms with E-state index in [1.54, 1.807) is 19.1 Å². The van der Waals surface area contributed by atoms with Crippen LogP contribution >= 0.6 is 0 Å². The zero-order valence-electron chi connectivity index (χ0n) is 22.6. The monoisotopic (exact) mass is 559 g/mol. The number of hydrogen-bond acceptors (Lipinski definition) is 9. The normalized spacial score (nSPS) is 18.3. The summed E-state index contributed by atoms with van der Waals surface area (Å²) in [5.74, 6) is -0.144. The molecule has 0 saturated carbocycles. The minimum absolute atomic E-state index is 0.0671. The lowest BCUT2D eigenvalue weighted by Crippen LogP contribution is -2.42. The molecule has 41 heavy (non-hydrogen) atoms. The zero-order chi connectivity index (χ0) is 29.1. The molecule has 3 atom stereocenters. The molecule has 0 aliphatic carbocycles. The van der Waals surface area contributed by atoms with Crippen LogP contribution in [-0.4, -0.2) is 54.6 Å². The molecule has 0 bridgehead atoms. The standard InChI is InChI=1S/C28H29N7O6/c1-17-12-25(40-24(17)16-36)34-15-18(2)27(38)33(28(34)39)11-5-10-30-26(37)19-8-9-23(20(13-19)14-29)41-35-22-7-4-3-6-21(22)31-32-35/h3-4,6-9,13,15,17,24-25,36H,5,10-12,16H2,1-2H3,(H,30,37)/t17-,24+,25+/m0/s1. The van der Waals surface area contributed by atoms with E-state index in [1.807, 2.05) is 25.1 Å². The molecule has 3 heterocycles. The number of nitrogens with zero attached hydrogens (tertiary/aromatic N) is 6. The number of fused-ring (bicyclic) bond motifs is 1. The lowest BCUT2D eigenvalue weighted by molar-refractivity contribution is -0.0319. The maximum atomic E-state index is 13.1. The topological polar surface area (TPSA) is 166 Å². The van der Waals surface area contributed by atoms with Crippen molar-refractivity contribution in [2.75, 3.05) is 13.2 Å². The van der Waals surface area contributed by atoms with E-state index in [1.165, 1.54) is 33.8 Å². The molecule has 1 aliphatic heterocycles. The second-order valence-electron chi connectivity index (χ2n) is 9.96. The summed E-state index contributed by atoms with van der Waals surface area (Å²) in [5, 5.41) is 29.8. The van der Waals surface area contributed by atoms with Gasteiger partial charge in [-0.05, 0) is 61.2 Å². The average molecular weight is 560 g/mol. The number of hydrogen-bond donors (Lipinski definition) is 2. The summed E-state index contributed by atoms with van der Waals surface area (Å²) in [6.45, 7) is 3.70. The van der Waals surface area contributed by atoms with Crippen LogP contribution in [0, 0.1) is 24.2 Å². The molecule has 2 aromatic heterocycles. The summed E-state index contributed by atoms with van der Waals surface area (Å²) in [6.07, 6.45) is 1.42. The molecule has 0 radical (unpaired) electrons. The predicted molar refractivity (Wildman–Crippen MR) is 146 cm³/mol. The van der Waals surface area contributed by atoms with Gasteiger partial charge in [0.2, 0.25) is 0 Å². The molecule has 13 heteroatoms. The van der Waals surface area contributed by atoms with Crippen LogP contribution in [0.5, 0.6) is 5.75 Å². The van der Waals surface area contributed by atoms with E-state index in [4.69, 9.17) is 9.57 Å². The lowest BCUT2D eigenvalue weighted by atomic mass is 10.0. The number of nitrogens with one attached hydrogen (secondary N) is 1. The number of aromatic nitrogens is 5. The molecule has 1 fully saturated rings. The number of benzene rings is 2. The van der Waals surface area contributed by atoms with E-state index in [0.29, 0.717) is 29.4 Å². The van der Waals surface area contributed by atoms with Gasteiger partial charge in [0, 0.05) is 30.4 Å². The van der Waals surface area contributed by atoms with Crippen LogP contribution in [0.3, 0.4) is 0 Å². The first-order chi connectivity index (χ1) is 19.8. The number of rotatable bonds is 9. The average Bonchev–Trinajstić information content (AvgIpc) is 3.57. The molecule has 2 aromatic carbocycles. The zero-order valence-corrected chi connectivity index (χ0v) is 22.6. The van der Waals surface area contributed by atoms with Gasteiger partial charge in [0.25, 0.3) is 11.5 Å². The van der Waals surface area contributed by atoms with E-state index >= 15 is 0 Å². The quantitative estimate of drug-likeness (QED) is 0.289. The Morgan fingerprint density at radius 2 is 2.07 bits per heavy atom. The van der Waals surface area contributed by atoms with Crippen molar-refractivity contribution in [3.05, 3.63) is 86.2 Å². The van der Waals surface area contributed by atoms with Crippen LogP contribution in [0.2, 0.25) is 0 Å². The third-order valence-electron chi connectivity index (χ3n) is 7.11. The van der Waals surface area contributed by atoms with Crippen molar-refractivity contribution in [3.8, 4) is 11.8 Å². The maximum absolute atomic E-state index is 13.1. The van der Waals surface area contributed by atoms with Crippen LogP contribution in [-0.2, 0) is 11.3 Å². The molecule has 4 aromatic rings. The fourth-order valence-corrected chi connectivity index (χ4v) is 4.81. The summed E-state index contributed by atoms with van der Waals surface area (Å²) in [6, 6.07) is 13.7. The highest BCUT2D eigenvalue weighted by molar-refractivity contribution is 5.94. The third-order valence-corrected chi connectivity index (χ3v) is 7.11. The lowest BCUT2D eigenvalue weighted by Gasteiger charge is -2.18. The molecule has 1 amide bonds. The van der Waals surface area contributed by atoms with Crippen LogP contribution in [0.15, 0.2) is 58.3 Å². The van der Waals surface area contributed by atoms with Crippen LogP contribution < -0.4 is 21.4 Å². The Kier molecular flexibility index (Phi) is 7.95. The van der Waals surface area contributed by atoms with Crippen molar-refractivity contribution in [1.82, 2.24) is 29.6 Å². The highest BCUT2D eigenvalue weighted by Gasteiger charge is 2.33. The molecular weight excluding hydrogens is 530 g/mol. The number of carbonyl (C=O) groups excluding carboxylic acids is 1. The van der Waals surface area contributed by atoms with Gasteiger partial charge in [-0.1, -0.05) is 23.9 Å². The van der Waals surface area contributed by atoms with Crippen molar-refractivity contribution in [2.45, 2.75) is 45.6 Å². The molecule has 2 N–H and O–H groups in total. The molecule has 5 rings (SSSR count). The summed E-state index contributed by atoms with van der Waals surface area (Å²) in [4.78, 5) is 45.5. The Morgan fingerprint density at radius 3 is 2.83 bits per heavy atom. The molecular formula is C28H29N7O6. The number of aliphatic hydroxyl groups is 1. The SMILES string of the molecule is Cc1cn([C@H]2C[C@H](C)[C@@H](CO)O2)c(=O)n(CCCNC(=O)c2ccc(On3nnc4ccccc43)c(C#N)c2)c1=O. The molecule has 0 unspecified atom stereocenters. The van der Waals surface area contributed by atoms with E-state index in [9.17, 15) is 24.8 Å². The van der Waals surface area contributed by atoms with Crippen LogP contribution in [0.1, 0.15) is 47.5 Å². The van der Waals surface area contributed by atoms with Crippen LogP contribution in [0.4, 0.5) is 0 Å². The Morgan fingerprint density at radius 1 is 1.27 bits per heavy atom. The van der Waals surface area contributed by atoms with Crippen molar-refractivity contribution in [1.29, 1.82) is 5.26 Å². The third kappa shape index (κ3) is 5.60. The Bertz CT molecular complexity index is 1750. The Balaban J connectivity index is 1.22. The Labute approximate surface area is 234 Å². The fourth-order valence-electron chi connectivity index (χ4n) is 4.81. The van der Waals surface area contributed by atoms with Gasteiger partial charge in [0.15, 0.2) is 5.75 Å². The number of carbonyl (C=O) groups is 1. The number of ether oxygens (including phenoxy) is 1. The van der Waals surface area contributed by atoms with Gasteiger partial charge in [0.1, 0.15) is 23.3 Å². The van der Waals surface area contributed by atoms with Crippen molar-refractivity contribution >= 4 is 16.9 Å². The second-order valence-corrected chi connectivity index (χ2v) is 9.96. The summed E-state index contributed by atoms with van der Waals surface area (Å²) >= 11 is 0.